The quantitative estimate of drug-likeness (QED) is 0.246. The maximum Gasteiger partial charge on any atom is 0.239 e. The number of morpholine rings is 1. The Morgan fingerprint density at radius 1 is 1.24 bits per heavy atom. The third kappa shape index (κ3) is 7.40. The van der Waals surface area contributed by atoms with E-state index >= 15 is 0 Å². The van der Waals surface area contributed by atoms with Crippen molar-refractivity contribution in [2.75, 3.05) is 44.8 Å². The molecule has 1 aliphatic heterocycles. The van der Waals surface area contributed by atoms with Crippen LogP contribution in [-0.4, -0.2) is 82.7 Å². The Balaban J connectivity index is 1.45. The van der Waals surface area contributed by atoms with Gasteiger partial charge in [0.1, 0.15) is 18.7 Å². The molecule has 5 rings (SSSR count). The molecule has 1 saturated carbocycles. The average molecular weight is 579 g/mol. The van der Waals surface area contributed by atoms with Crippen molar-refractivity contribution in [2.45, 2.75) is 70.6 Å². The predicted molar refractivity (Wildman–Crippen MR) is 160 cm³/mol. The van der Waals surface area contributed by atoms with Gasteiger partial charge in [-0.05, 0) is 30.9 Å². The molecule has 220 valence electrons. The molecular formula is C29H42N8O3Si. The van der Waals surface area contributed by atoms with Gasteiger partial charge in [0.25, 0.3) is 0 Å². The van der Waals surface area contributed by atoms with Gasteiger partial charge in [0, 0.05) is 45.6 Å². The van der Waals surface area contributed by atoms with Gasteiger partial charge in [0.15, 0.2) is 5.82 Å². The summed E-state index contributed by atoms with van der Waals surface area (Å²) in [6, 6.07) is 5.41. The number of carbonyl (C=O) groups excluding carboxylic acids is 1. The first kappa shape index (κ1) is 29.4. The summed E-state index contributed by atoms with van der Waals surface area (Å²) >= 11 is 0. The van der Waals surface area contributed by atoms with E-state index in [2.05, 4.69) is 45.9 Å². The Bertz CT molecular complexity index is 1360. The zero-order valence-electron chi connectivity index (χ0n) is 24.5. The molecule has 1 aliphatic carbocycles. The van der Waals surface area contributed by atoms with Crippen LogP contribution in [0.5, 0.6) is 0 Å². The van der Waals surface area contributed by atoms with Crippen LogP contribution >= 0.6 is 0 Å². The Morgan fingerprint density at radius 2 is 2.02 bits per heavy atom. The van der Waals surface area contributed by atoms with Gasteiger partial charge in [0.2, 0.25) is 5.91 Å². The minimum Gasteiger partial charge on any atom is -0.379 e. The van der Waals surface area contributed by atoms with Crippen molar-refractivity contribution in [3.63, 3.8) is 0 Å². The smallest absolute Gasteiger partial charge is 0.239 e. The molecular weight excluding hydrogens is 536 g/mol. The summed E-state index contributed by atoms with van der Waals surface area (Å²) in [6.07, 6.45) is 10.3. The number of hydrogen-bond acceptors (Lipinski definition) is 8. The van der Waals surface area contributed by atoms with Gasteiger partial charge in [-0.3, -0.25) is 14.4 Å². The van der Waals surface area contributed by atoms with Crippen LogP contribution in [-0.2, 0) is 21.0 Å². The number of anilines is 1. The van der Waals surface area contributed by atoms with Crippen LogP contribution in [0.3, 0.4) is 0 Å². The Morgan fingerprint density at radius 3 is 2.76 bits per heavy atom. The van der Waals surface area contributed by atoms with Crippen LogP contribution in [0, 0.1) is 17.2 Å². The third-order valence-corrected chi connectivity index (χ3v) is 9.79. The van der Waals surface area contributed by atoms with Gasteiger partial charge in [-0.25, -0.2) is 9.97 Å². The highest BCUT2D eigenvalue weighted by molar-refractivity contribution is 6.76. The van der Waals surface area contributed by atoms with Crippen molar-refractivity contribution in [3.05, 3.63) is 24.8 Å². The van der Waals surface area contributed by atoms with Crippen LogP contribution in [0.2, 0.25) is 25.7 Å². The molecule has 1 atom stereocenters. The maximum absolute atomic E-state index is 13.2. The highest BCUT2D eigenvalue weighted by Crippen LogP contribution is 2.38. The summed E-state index contributed by atoms with van der Waals surface area (Å²) in [5.41, 5.74) is 2.20. The fourth-order valence-corrected chi connectivity index (χ4v) is 6.49. The summed E-state index contributed by atoms with van der Waals surface area (Å²) in [6.45, 7) is 11.1. The molecule has 11 nitrogen and oxygen atoms in total. The Labute approximate surface area is 242 Å². The number of amides is 1. The molecule has 0 spiro atoms. The molecule has 41 heavy (non-hydrogen) atoms. The molecule has 0 aromatic carbocycles. The van der Waals surface area contributed by atoms with E-state index in [1.54, 1.807) is 6.33 Å². The molecule has 3 aromatic heterocycles. The number of fused-ring (bicyclic) bond motifs is 1. The van der Waals surface area contributed by atoms with E-state index in [1.807, 2.05) is 27.7 Å². The first-order valence-electron chi connectivity index (χ1n) is 14.8. The molecule has 3 aromatic rings. The first-order valence-corrected chi connectivity index (χ1v) is 18.5. The van der Waals surface area contributed by atoms with Crippen molar-refractivity contribution < 1.29 is 14.3 Å². The molecule has 1 N–H and O–H groups in total. The van der Waals surface area contributed by atoms with Crippen LogP contribution in [0.25, 0.3) is 22.3 Å². The molecule has 1 amide bonds. The molecule has 0 radical (unpaired) electrons. The second-order valence-corrected chi connectivity index (χ2v) is 18.0. The van der Waals surface area contributed by atoms with Gasteiger partial charge in [-0.15, -0.1) is 0 Å². The van der Waals surface area contributed by atoms with Gasteiger partial charge >= 0.3 is 0 Å². The largest absolute Gasteiger partial charge is 0.379 e. The lowest BCUT2D eigenvalue weighted by atomic mass is 9.96. The standard InChI is InChI=1S/C29H42N8O3Si/c1-41(2,3)17-16-40-21-36-11-9-23-27(31-20-32-29(23)36)24-18-37(25(8-10-30)22-6-4-5-7-22)34-28(24)33-26(38)19-35-12-14-39-15-13-35/h9,11,18,20,22,25H,4-8,12-17,19,21H2,1-3H3,(H,33,34,38). The third-order valence-electron chi connectivity index (χ3n) is 8.08. The minimum absolute atomic E-state index is 0.0483. The number of rotatable bonds is 12. The number of carbonyl (C=O) groups is 1. The van der Waals surface area contributed by atoms with E-state index in [1.165, 1.54) is 12.8 Å². The highest BCUT2D eigenvalue weighted by atomic mass is 28.3. The average Bonchev–Trinajstić information content (AvgIpc) is 3.70. The monoisotopic (exact) mass is 578 g/mol. The normalized spacial score (nSPS) is 17.6. The van der Waals surface area contributed by atoms with Crippen LogP contribution in [0.1, 0.15) is 38.1 Å². The Kier molecular flexibility index (Phi) is 9.49. The number of nitrogens with one attached hydrogen (secondary N) is 1. The summed E-state index contributed by atoms with van der Waals surface area (Å²) in [7, 11) is -1.18. The topological polar surface area (TPSA) is 123 Å². The van der Waals surface area contributed by atoms with Gasteiger partial charge in [-0.1, -0.05) is 32.5 Å². The minimum atomic E-state index is -1.18. The van der Waals surface area contributed by atoms with Gasteiger partial charge in [0.05, 0.1) is 49.5 Å². The molecule has 2 aliphatic rings. The highest BCUT2D eigenvalue weighted by Gasteiger charge is 2.29. The lowest BCUT2D eigenvalue weighted by Gasteiger charge is -2.25. The van der Waals surface area contributed by atoms with Crippen LogP contribution < -0.4 is 5.32 Å². The van der Waals surface area contributed by atoms with E-state index in [0.717, 1.165) is 55.2 Å². The van der Waals surface area contributed by atoms with Crippen molar-refractivity contribution in [2.24, 2.45) is 5.92 Å². The second kappa shape index (κ2) is 13.2. The maximum atomic E-state index is 13.2. The molecule has 1 saturated heterocycles. The lowest BCUT2D eigenvalue weighted by molar-refractivity contribution is -0.118. The number of ether oxygens (including phenoxy) is 2. The van der Waals surface area contributed by atoms with Crippen molar-refractivity contribution in [3.8, 4) is 17.3 Å². The van der Waals surface area contributed by atoms with E-state index < -0.39 is 8.07 Å². The first-order chi connectivity index (χ1) is 19.8. The van der Waals surface area contributed by atoms with E-state index in [4.69, 9.17) is 14.6 Å². The fourth-order valence-electron chi connectivity index (χ4n) is 5.74. The van der Waals surface area contributed by atoms with Crippen LogP contribution in [0.4, 0.5) is 5.82 Å². The fraction of sp³-hybridized carbons (Fsp3) is 0.621. The summed E-state index contributed by atoms with van der Waals surface area (Å²) in [5, 5.41) is 18.5. The second-order valence-electron chi connectivity index (χ2n) is 12.4. The Hall–Kier alpha value is -3.11. The van der Waals surface area contributed by atoms with E-state index in [0.29, 0.717) is 43.8 Å². The van der Waals surface area contributed by atoms with Crippen molar-refractivity contribution >= 4 is 30.8 Å². The molecule has 4 heterocycles. The molecule has 12 heteroatoms. The van der Waals surface area contributed by atoms with E-state index in [-0.39, 0.29) is 18.5 Å². The number of nitrogens with zero attached hydrogens (tertiary/aromatic N) is 7. The van der Waals surface area contributed by atoms with Gasteiger partial charge in [-0.2, -0.15) is 10.4 Å². The van der Waals surface area contributed by atoms with Crippen molar-refractivity contribution in [1.82, 2.24) is 29.2 Å². The zero-order chi connectivity index (χ0) is 28.8. The number of nitriles is 1. The summed E-state index contributed by atoms with van der Waals surface area (Å²) in [4.78, 5) is 24.5. The molecule has 2 fully saturated rings. The van der Waals surface area contributed by atoms with Crippen LogP contribution in [0.15, 0.2) is 24.8 Å². The van der Waals surface area contributed by atoms with Crippen molar-refractivity contribution in [1.29, 1.82) is 5.26 Å². The van der Waals surface area contributed by atoms with Gasteiger partial charge < -0.3 is 19.4 Å². The van der Waals surface area contributed by atoms with E-state index in [9.17, 15) is 10.1 Å². The summed E-state index contributed by atoms with van der Waals surface area (Å²) in [5.74, 6) is 0.720. The SMILES string of the molecule is C[Si](C)(C)CCOCn1ccc2c(-c3cn(C(CC#N)C4CCCC4)nc3NC(=O)CN3CCOCC3)ncnc21. The lowest BCUT2D eigenvalue weighted by Crippen LogP contribution is -2.41. The number of aromatic nitrogens is 5. The number of hydrogen-bond donors (Lipinski definition) is 1. The molecule has 0 bridgehead atoms. The molecule has 1 unspecified atom stereocenters. The summed E-state index contributed by atoms with van der Waals surface area (Å²) < 4.78 is 15.3. The zero-order valence-corrected chi connectivity index (χ0v) is 25.5. The predicted octanol–water partition coefficient (Wildman–Crippen LogP) is 4.52.